The summed E-state index contributed by atoms with van der Waals surface area (Å²) in [5.41, 5.74) is 0. The van der Waals surface area contributed by atoms with Crippen molar-refractivity contribution in [2.45, 2.75) is 206 Å². The molecule has 0 rings (SSSR count). The average molecular weight is 807 g/mol. The molecule has 3 N–H and O–H groups in total. The number of hydrogen-bond donors (Lipinski definition) is 3. The van der Waals surface area contributed by atoms with E-state index < -0.39 is 44.7 Å². The number of nitrogens with zero attached hydrogens (tertiary/aromatic N) is 1. The van der Waals surface area contributed by atoms with Crippen molar-refractivity contribution in [2.24, 2.45) is 0 Å². The molecule has 326 valence electrons. The van der Waals surface area contributed by atoms with Gasteiger partial charge in [-0.25, -0.2) is 4.57 Å². The largest absolute Gasteiger partial charge is 0.472 e. The van der Waals surface area contributed by atoms with Crippen LogP contribution < -0.4 is 0 Å². The van der Waals surface area contributed by atoms with E-state index in [0.717, 1.165) is 57.8 Å². The van der Waals surface area contributed by atoms with Gasteiger partial charge in [-0.05, 0) is 38.5 Å². The smallest absolute Gasteiger partial charge is 0.462 e. The van der Waals surface area contributed by atoms with Crippen LogP contribution in [-0.4, -0.2) is 97.3 Å². The minimum Gasteiger partial charge on any atom is -0.462 e. The minimum absolute atomic E-state index is 0.00916. The van der Waals surface area contributed by atoms with Crippen molar-refractivity contribution < 1.29 is 52.3 Å². The number of hydrogen-bond acceptors (Lipinski definition) is 9. The summed E-state index contributed by atoms with van der Waals surface area (Å²) in [4.78, 5) is 35.3. The Balaban J connectivity index is 4.46. The summed E-state index contributed by atoms with van der Waals surface area (Å²) in [6.45, 7) is 4.20. The number of phosphoric acid groups is 1. The quantitative estimate of drug-likeness (QED) is 0.0180. The summed E-state index contributed by atoms with van der Waals surface area (Å²) >= 11 is 0. The number of carbonyl (C=O) groups is 2. The van der Waals surface area contributed by atoms with Gasteiger partial charge < -0.3 is 29.1 Å². The Morgan fingerprint density at radius 2 is 1.11 bits per heavy atom. The second-order valence-corrected chi connectivity index (χ2v) is 17.9. The number of unbranched alkanes of at least 4 members (excludes halogenated alkanes) is 20. The zero-order chi connectivity index (χ0) is 41.0. The summed E-state index contributed by atoms with van der Waals surface area (Å²) in [6.07, 6.45) is 28.5. The molecule has 0 aliphatic rings. The van der Waals surface area contributed by atoms with Gasteiger partial charge >= 0.3 is 19.8 Å². The maximum absolute atomic E-state index is 12.7. The summed E-state index contributed by atoms with van der Waals surface area (Å²) in [7, 11) is 1.40. The molecular weight excluding hydrogens is 721 g/mol. The number of allylic oxidation sites excluding steroid dienone is 1. The van der Waals surface area contributed by atoms with Crippen LogP contribution in [0.2, 0.25) is 0 Å². The van der Waals surface area contributed by atoms with Crippen LogP contribution in [0.1, 0.15) is 187 Å². The molecule has 11 nitrogen and oxygen atoms in total. The summed E-state index contributed by atoms with van der Waals surface area (Å²) in [5, 5.41) is 20.4. The Bertz CT molecular complexity index is 989. The highest BCUT2D eigenvalue weighted by molar-refractivity contribution is 7.47. The molecule has 0 radical (unpaired) electrons. The van der Waals surface area contributed by atoms with Crippen LogP contribution in [0.25, 0.3) is 0 Å². The van der Waals surface area contributed by atoms with E-state index in [4.69, 9.17) is 18.5 Å². The number of ether oxygens (including phenoxy) is 2. The molecule has 0 fully saturated rings. The molecule has 0 heterocycles. The highest BCUT2D eigenvalue weighted by atomic mass is 31.2. The van der Waals surface area contributed by atoms with Crippen molar-refractivity contribution in [2.75, 3.05) is 47.5 Å². The fraction of sp³-hybridized carbons (Fsp3) is 0.907. The van der Waals surface area contributed by atoms with Gasteiger partial charge in [-0.2, -0.15) is 0 Å². The molecule has 1 unspecified atom stereocenters. The maximum atomic E-state index is 12.7. The van der Waals surface area contributed by atoms with Gasteiger partial charge in [-0.3, -0.25) is 18.6 Å². The monoisotopic (exact) mass is 807 g/mol. The number of phosphoric ester groups is 1. The number of rotatable bonds is 40. The van der Waals surface area contributed by atoms with E-state index in [-0.39, 0.29) is 26.1 Å². The Morgan fingerprint density at radius 1 is 0.618 bits per heavy atom. The average Bonchev–Trinajstić information content (AvgIpc) is 3.13. The number of likely N-dealkylation sites (N-methyl/N-ethyl adjacent to an activating group) is 1. The first-order valence-corrected chi connectivity index (χ1v) is 23.6. The van der Waals surface area contributed by atoms with E-state index in [9.17, 15) is 29.3 Å². The molecule has 0 bridgehead atoms. The molecule has 12 heteroatoms. The van der Waals surface area contributed by atoms with E-state index >= 15 is 0 Å². The van der Waals surface area contributed by atoms with Gasteiger partial charge in [-0.15, -0.1) is 0 Å². The van der Waals surface area contributed by atoms with Crippen molar-refractivity contribution in [1.29, 1.82) is 0 Å². The molecule has 0 aromatic carbocycles. The van der Waals surface area contributed by atoms with Crippen molar-refractivity contribution in [3.63, 3.8) is 0 Å². The molecule has 4 atom stereocenters. The first-order valence-electron chi connectivity index (χ1n) is 22.1. The third kappa shape index (κ3) is 38.0. The van der Waals surface area contributed by atoms with Gasteiger partial charge in [0, 0.05) is 12.8 Å². The van der Waals surface area contributed by atoms with Crippen molar-refractivity contribution in [3.05, 3.63) is 12.2 Å². The first-order chi connectivity index (χ1) is 26.3. The second-order valence-electron chi connectivity index (χ2n) is 16.4. The van der Waals surface area contributed by atoms with Crippen molar-refractivity contribution in [3.8, 4) is 0 Å². The molecule has 0 amide bonds. The number of aliphatic hydroxyl groups excluding tert-OH is 2. The van der Waals surface area contributed by atoms with E-state index in [1.54, 1.807) is 0 Å². The number of quaternary nitrogens is 1. The topological polar surface area (TPSA) is 149 Å². The Labute approximate surface area is 336 Å². The third-order valence-corrected chi connectivity index (χ3v) is 10.7. The molecule has 0 saturated carbocycles. The minimum atomic E-state index is -4.40. The van der Waals surface area contributed by atoms with Gasteiger partial charge in [0.25, 0.3) is 0 Å². The molecule has 0 aliphatic heterocycles. The van der Waals surface area contributed by atoms with Crippen LogP contribution in [0.4, 0.5) is 0 Å². The van der Waals surface area contributed by atoms with Crippen LogP contribution in [0.3, 0.4) is 0 Å². The zero-order valence-electron chi connectivity index (χ0n) is 35.9. The summed E-state index contributed by atoms with van der Waals surface area (Å²) in [5.74, 6) is -0.903. The van der Waals surface area contributed by atoms with Crippen LogP contribution in [0.15, 0.2) is 12.2 Å². The van der Waals surface area contributed by atoms with Crippen molar-refractivity contribution >= 4 is 19.8 Å². The maximum Gasteiger partial charge on any atom is 0.472 e. The predicted molar refractivity (Wildman–Crippen MR) is 223 cm³/mol. The molecule has 55 heavy (non-hydrogen) atoms. The highest BCUT2D eigenvalue weighted by Crippen LogP contribution is 2.43. The molecule has 0 aromatic rings. The van der Waals surface area contributed by atoms with Crippen LogP contribution in [0, 0.1) is 0 Å². The molecular formula is C43H85NO10P+. The Kier molecular flexibility index (Phi) is 34.9. The van der Waals surface area contributed by atoms with E-state index in [0.29, 0.717) is 36.7 Å². The molecule has 0 saturated heterocycles. The van der Waals surface area contributed by atoms with Gasteiger partial charge in [0.05, 0.1) is 40.0 Å². The lowest BCUT2D eigenvalue weighted by atomic mass is 10.0. The SMILES string of the molecule is CCCCC/C=C\C[C@@H](O)[C@H](O)CCCCCCCC(=O)OC[C@H](COP(=O)(O)OCC[N+](C)(C)C)OC(=O)CCCCCCCCCCCCCCCC. The van der Waals surface area contributed by atoms with Crippen LogP contribution in [-0.2, 0) is 32.7 Å². The first kappa shape index (κ1) is 53.7. The summed E-state index contributed by atoms with van der Waals surface area (Å²) < 4.78 is 34.2. The lowest BCUT2D eigenvalue weighted by Crippen LogP contribution is -2.37. The fourth-order valence-corrected chi connectivity index (χ4v) is 6.84. The zero-order valence-corrected chi connectivity index (χ0v) is 36.8. The Hall–Kier alpha value is -1.33. The van der Waals surface area contributed by atoms with Crippen LogP contribution in [0.5, 0.6) is 0 Å². The lowest BCUT2D eigenvalue weighted by molar-refractivity contribution is -0.870. The molecule has 0 spiro atoms. The lowest BCUT2D eigenvalue weighted by Gasteiger charge is -2.24. The van der Waals surface area contributed by atoms with E-state index in [1.165, 1.54) is 77.0 Å². The van der Waals surface area contributed by atoms with Gasteiger partial charge in [0.1, 0.15) is 19.8 Å². The normalized spacial score (nSPS) is 14.8. The van der Waals surface area contributed by atoms with Crippen LogP contribution >= 0.6 is 7.82 Å². The number of aliphatic hydroxyl groups is 2. The number of carbonyl (C=O) groups excluding carboxylic acids is 2. The standard InChI is InChI=1S/C43H84NO10P/c1-6-8-10-12-14-15-16-17-18-19-20-21-25-30-34-43(48)54-39(38-53-55(49,50)52-36-35-44(3,4)5)37-51-42(47)33-29-26-22-24-28-32-41(46)40(45)31-27-23-13-11-9-7-2/h23,27,39-41,45-46H,6-22,24-26,28-38H2,1-5H3/p+1/b27-23-/t39-,40-,41-/m1/s1. The van der Waals surface area contributed by atoms with E-state index in [2.05, 4.69) is 19.9 Å². The predicted octanol–water partition coefficient (Wildman–Crippen LogP) is 10.1. The van der Waals surface area contributed by atoms with Gasteiger partial charge in [-0.1, -0.05) is 148 Å². The van der Waals surface area contributed by atoms with Crippen molar-refractivity contribution in [1.82, 2.24) is 0 Å². The van der Waals surface area contributed by atoms with Gasteiger partial charge in [0.15, 0.2) is 6.10 Å². The van der Waals surface area contributed by atoms with Gasteiger partial charge in [0.2, 0.25) is 0 Å². The molecule has 0 aromatic heterocycles. The number of esters is 2. The second kappa shape index (κ2) is 35.8. The summed E-state index contributed by atoms with van der Waals surface area (Å²) in [6, 6.07) is 0. The highest BCUT2D eigenvalue weighted by Gasteiger charge is 2.27. The fourth-order valence-electron chi connectivity index (χ4n) is 6.10. The molecule has 0 aliphatic carbocycles. The third-order valence-electron chi connectivity index (χ3n) is 9.75. The van der Waals surface area contributed by atoms with E-state index in [1.807, 2.05) is 27.2 Å². The Morgan fingerprint density at radius 3 is 1.65 bits per heavy atom.